The number of nitrogens with zero attached hydrogens (tertiary/aromatic N) is 1. The normalized spacial score (nSPS) is 10.3. The van der Waals surface area contributed by atoms with Crippen LogP contribution in [0.3, 0.4) is 0 Å². The summed E-state index contributed by atoms with van der Waals surface area (Å²) in [5.74, 6) is -1.62. The van der Waals surface area contributed by atoms with Crippen molar-refractivity contribution in [2.75, 3.05) is 11.4 Å². The second kappa shape index (κ2) is 6.11. The van der Waals surface area contributed by atoms with E-state index in [2.05, 4.69) is 15.9 Å². The van der Waals surface area contributed by atoms with Gasteiger partial charge in [0.1, 0.15) is 6.54 Å². The standard InChI is InChI=1S/C13H9BrClNO4/c14-12-10(4-5-20-12)13(19)16(7-11(17)18)9-3-1-2-8(15)6-9/h1-6H,7H2,(H,17,18). The molecule has 0 spiro atoms. The zero-order valence-electron chi connectivity index (χ0n) is 10.0. The number of anilines is 1. The molecular weight excluding hydrogens is 350 g/mol. The van der Waals surface area contributed by atoms with Gasteiger partial charge in [0, 0.05) is 10.7 Å². The van der Waals surface area contributed by atoms with Crippen molar-refractivity contribution < 1.29 is 19.1 Å². The largest absolute Gasteiger partial charge is 0.480 e. The van der Waals surface area contributed by atoms with Gasteiger partial charge in [-0.05, 0) is 40.2 Å². The fourth-order valence-electron chi connectivity index (χ4n) is 1.65. The summed E-state index contributed by atoms with van der Waals surface area (Å²) in [7, 11) is 0. The minimum atomic E-state index is -1.13. The van der Waals surface area contributed by atoms with Crippen LogP contribution in [0.15, 0.2) is 45.7 Å². The number of carbonyl (C=O) groups excluding carboxylic acids is 1. The van der Waals surface area contributed by atoms with Gasteiger partial charge in [0.05, 0.1) is 11.8 Å². The van der Waals surface area contributed by atoms with E-state index >= 15 is 0 Å². The minimum Gasteiger partial charge on any atom is -0.480 e. The van der Waals surface area contributed by atoms with Crippen molar-refractivity contribution in [2.45, 2.75) is 0 Å². The van der Waals surface area contributed by atoms with E-state index in [9.17, 15) is 9.59 Å². The Kier molecular flexibility index (Phi) is 4.46. The molecule has 0 atom stereocenters. The van der Waals surface area contributed by atoms with E-state index in [1.54, 1.807) is 18.2 Å². The van der Waals surface area contributed by atoms with Crippen LogP contribution in [0.25, 0.3) is 0 Å². The van der Waals surface area contributed by atoms with E-state index < -0.39 is 18.4 Å². The molecule has 1 heterocycles. The predicted molar refractivity (Wildman–Crippen MR) is 77.2 cm³/mol. The number of carbonyl (C=O) groups is 2. The Bertz CT molecular complexity index is 655. The number of hydrogen-bond acceptors (Lipinski definition) is 3. The van der Waals surface area contributed by atoms with Crippen LogP contribution in [0, 0.1) is 0 Å². The summed E-state index contributed by atoms with van der Waals surface area (Å²) in [5, 5.41) is 9.38. The average Bonchev–Trinajstić information content (AvgIpc) is 2.81. The Hall–Kier alpha value is -1.79. The Morgan fingerprint density at radius 1 is 1.35 bits per heavy atom. The average molecular weight is 359 g/mol. The number of carboxylic acids is 1. The number of hydrogen-bond donors (Lipinski definition) is 1. The van der Waals surface area contributed by atoms with Crippen LogP contribution in [0.1, 0.15) is 10.4 Å². The van der Waals surface area contributed by atoms with Gasteiger partial charge in [0.25, 0.3) is 5.91 Å². The fraction of sp³-hybridized carbons (Fsp3) is 0.0769. The molecule has 5 nitrogen and oxygen atoms in total. The maximum Gasteiger partial charge on any atom is 0.323 e. The van der Waals surface area contributed by atoms with E-state index in [0.717, 1.165) is 4.90 Å². The molecule has 1 N–H and O–H groups in total. The van der Waals surface area contributed by atoms with Crippen LogP contribution in [-0.2, 0) is 4.79 Å². The lowest BCUT2D eigenvalue weighted by atomic mass is 10.2. The highest BCUT2D eigenvalue weighted by molar-refractivity contribution is 9.10. The highest BCUT2D eigenvalue weighted by atomic mass is 79.9. The lowest BCUT2D eigenvalue weighted by molar-refractivity contribution is -0.135. The van der Waals surface area contributed by atoms with Crippen molar-refractivity contribution in [3.63, 3.8) is 0 Å². The zero-order chi connectivity index (χ0) is 14.7. The van der Waals surface area contributed by atoms with Gasteiger partial charge in [-0.3, -0.25) is 14.5 Å². The van der Waals surface area contributed by atoms with Crippen molar-refractivity contribution in [3.8, 4) is 0 Å². The number of halogens is 2. The van der Waals surface area contributed by atoms with Gasteiger partial charge in [-0.2, -0.15) is 0 Å². The van der Waals surface area contributed by atoms with Gasteiger partial charge in [0.15, 0.2) is 4.67 Å². The van der Waals surface area contributed by atoms with Crippen LogP contribution in [0.5, 0.6) is 0 Å². The first-order chi connectivity index (χ1) is 9.49. The third kappa shape index (κ3) is 3.20. The molecule has 7 heteroatoms. The van der Waals surface area contributed by atoms with Gasteiger partial charge >= 0.3 is 5.97 Å². The van der Waals surface area contributed by atoms with Crippen LogP contribution < -0.4 is 4.90 Å². The Morgan fingerprint density at radius 3 is 2.65 bits per heavy atom. The van der Waals surface area contributed by atoms with E-state index in [0.29, 0.717) is 10.7 Å². The van der Waals surface area contributed by atoms with Crippen LogP contribution in [-0.4, -0.2) is 23.5 Å². The van der Waals surface area contributed by atoms with Crippen LogP contribution in [0.2, 0.25) is 5.02 Å². The Balaban J connectivity index is 2.40. The molecule has 0 saturated heterocycles. The molecule has 0 saturated carbocycles. The Morgan fingerprint density at radius 2 is 2.10 bits per heavy atom. The summed E-state index contributed by atoms with van der Waals surface area (Å²) < 4.78 is 5.25. The van der Waals surface area contributed by atoms with Crippen molar-refractivity contribution in [1.29, 1.82) is 0 Å². The van der Waals surface area contributed by atoms with E-state index in [1.807, 2.05) is 0 Å². The van der Waals surface area contributed by atoms with Gasteiger partial charge < -0.3 is 9.52 Å². The van der Waals surface area contributed by atoms with E-state index in [-0.39, 0.29) is 10.2 Å². The lowest BCUT2D eigenvalue weighted by Crippen LogP contribution is -2.35. The maximum atomic E-state index is 12.4. The molecule has 20 heavy (non-hydrogen) atoms. The number of rotatable bonds is 4. The monoisotopic (exact) mass is 357 g/mol. The highest BCUT2D eigenvalue weighted by Crippen LogP contribution is 2.25. The second-order valence-corrected chi connectivity index (χ2v) is 5.03. The summed E-state index contributed by atoms with van der Waals surface area (Å²) >= 11 is 8.97. The van der Waals surface area contributed by atoms with Crippen molar-refractivity contribution >= 4 is 45.1 Å². The molecule has 0 radical (unpaired) electrons. The van der Waals surface area contributed by atoms with Gasteiger partial charge in [-0.25, -0.2) is 0 Å². The predicted octanol–water partition coefficient (Wildman–Crippen LogP) is 3.43. The Labute approximate surface area is 127 Å². The molecule has 2 aromatic rings. The molecule has 0 aliphatic heterocycles. The van der Waals surface area contributed by atoms with Crippen molar-refractivity contribution in [3.05, 3.63) is 51.9 Å². The molecule has 0 aliphatic rings. The van der Waals surface area contributed by atoms with E-state index in [4.69, 9.17) is 21.1 Å². The molecule has 104 valence electrons. The number of amides is 1. The molecule has 0 fully saturated rings. The summed E-state index contributed by atoms with van der Waals surface area (Å²) in [5.41, 5.74) is 0.643. The highest BCUT2D eigenvalue weighted by Gasteiger charge is 2.23. The molecule has 0 unspecified atom stereocenters. The lowest BCUT2D eigenvalue weighted by Gasteiger charge is -2.20. The van der Waals surface area contributed by atoms with Gasteiger partial charge in [0.2, 0.25) is 0 Å². The SMILES string of the molecule is O=C(O)CN(C(=O)c1ccoc1Br)c1cccc(Cl)c1. The molecular formula is C13H9BrClNO4. The smallest absolute Gasteiger partial charge is 0.323 e. The number of furan rings is 1. The molecule has 0 bridgehead atoms. The maximum absolute atomic E-state index is 12.4. The van der Waals surface area contributed by atoms with E-state index in [1.165, 1.54) is 18.4 Å². The first-order valence-corrected chi connectivity index (χ1v) is 6.68. The van der Waals surface area contributed by atoms with Gasteiger partial charge in [-0.1, -0.05) is 17.7 Å². The fourth-order valence-corrected chi connectivity index (χ4v) is 2.25. The molecule has 1 amide bonds. The third-order valence-electron chi connectivity index (χ3n) is 2.51. The minimum absolute atomic E-state index is 0.242. The number of benzene rings is 1. The molecule has 1 aromatic heterocycles. The summed E-state index contributed by atoms with van der Waals surface area (Å²) in [6, 6.07) is 7.88. The van der Waals surface area contributed by atoms with Crippen molar-refractivity contribution in [2.24, 2.45) is 0 Å². The summed E-state index contributed by atoms with van der Waals surface area (Å²) in [4.78, 5) is 24.5. The second-order valence-electron chi connectivity index (χ2n) is 3.87. The zero-order valence-corrected chi connectivity index (χ0v) is 12.4. The molecule has 2 rings (SSSR count). The molecule has 1 aromatic carbocycles. The quantitative estimate of drug-likeness (QED) is 0.909. The molecule has 0 aliphatic carbocycles. The number of aliphatic carboxylic acids is 1. The first kappa shape index (κ1) is 14.6. The van der Waals surface area contributed by atoms with Crippen LogP contribution in [0.4, 0.5) is 5.69 Å². The number of carboxylic acid groups (broad SMARTS) is 1. The van der Waals surface area contributed by atoms with Gasteiger partial charge in [-0.15, -0.1) is 0 Å². The van der Waals surface area contributed by atoms with Crippen molar-refractivity contribution in [1.82, 2.24) is 0 Å². The summed E-state index contributed by atoms with van der Waals surface area (Å²) in [6.45, 7) is -0.475. The topological polar surface area (TPSA) is 70.8 Å². The summed E-state index contributed by atoms with van der Waals surface area (Å²) in [6.07, 6.45) is 1.34. The first-order valence-electron chi connectivity index (χ1n) is 5.51. The third-order valence-corrected chi connectivity index (χ3v) is 3.36. The van der Waals surface area contributed by atoms with Crippen LogP contribution >= 0.6 is 27.5 Å².